The maximum absolute atomic E-state index is 10.8. The Hall–Kier alpha value is -0.170. The molecule has 0 aromatic carbocycles. The van der Waals surface area contributed by atoms with Crippen LogP contribution in [0.25, 0.3) is 0 Å². The van der Waals surface area contributed by atoms with Gasteiger partial charge in [-0.3, -0.25) is 4.90 Å². The molecule has 1 unspecified atom stereocenters. The lowest BCUT2D eigenvalue weighted by atomic mass is 10.1. The normalized spacial score (nSPS) is 26.9. The van der Waals surface area contributed by atoms with E-state index in [1.165, 1.54) is 0 Å². The van der Waals surface area contributed by atoms with Gasteiger partial charge in [-0.1, -0.05) is 0 Å². The number of nitrogens with two attached hydrogens (primary N) is 1. The lowest BCUT2D eigenvalue weighted by Crippen LogP contribution is -2.52. The summed E-state index contributed by atoms with van der Waals surface area (Å²) in [7, 11) is -3.33. The van der Waals surface area contributed by atoms with Gasteiger partial charge in [-0.25, -0.2) is 13.6 Å². The summed E-state index contributed by atoms with van der Waals surface area (Å²) in [6, 6.07) is 0. The fraction of sp³-hybridized carbons (Fsp3) is 1.00. The van der Waals surface area contributed by atoms with Gasteiger partial charge in [0.15, 0.2) is 0 Å². The molecule has 16 heavy (non-hydrogen) atoms. The van der Waals surface area contributed by atoms with Crippen LogP contribution in [0.3, 0.4) is 0 Å². The van der Waals surface area contributed by atoms with E-state index in [0.717, 1.165) is 19.6 Å². The van der Waals surface area contributed by atoms with E-state index < -0.39 is 10.0 Å². The monoisotopic (exact) mass is 250 g/mol. The number of sulfonamides is 1. The van der Waals surface area contributed by atoms with E-state index in [2.05, 4.69) is 18.7 Å². The van der Waals surface area contributed by atoms with Crippen LogP contribution < -0.4 is 5.14 Å². The highest BCUT2D eigenvalue weighted by Gasteiger charge is 2.30. The van der Waals surface area contributed by atoms with E-state index in [1.807, 2.05) is 6.92 Å². The van der Waals surface area contributed by atoms with Gasteiger partial charge in [-0.05, 0) is 33.7 Å². The molecule has 0 aromatic rings. The van der Waals surface area contributed by atoms with Crippen LogP contribution in [0.1, 0.15) is 27.2 Å². The van der Waals surface area contributed by atoms with Crippen molar-refractivity contribution in [2.75, 3.05) is 25.4 Å². The minimum atomic E-state index is -3.33. The maximum Gasteiger partial charge on any atom is 0.209 e. The molecule has 1 atom stereocenters. The van der Waals surface area contributed by atoms with E-state index in [4.69, 9.17) is 9.88 Å². The van der Waals surface area contributed by atoms with Gasteiger partial charge in [-0.15, -0.1) is 0 Å². The Labute approximate surface area is 98.0 Å². The molecule has 0 aliphatic carbocycles. The molecule has 0 spiro atoms. The SMILES string of the molecule is CC1CN(CCCS(N)(=O)=O)CC(C)(C)O1. The first-order chi connectivity index (χ1) is 7.18. The number of hydrogen-bond acceptors (Lipinski definition) is 4. The molecular formula is C10H22N2O3S. The van der Waals surface area contributed by atoms with Crippen molar-refractivity contribution in [2.24, 2.45) is 5.14 Å². The number of ether oxygens (including phenoxy) is 1. The topological polar surface area (TPSA) is 72.6 Å². The molecular weight excluding hydrogens is 228 g/mol. The summed E-state index contributed by atoms with van der Waals surface area (Å²) in [5, 5.41) is 4.96. The first-order valence-corrected chi connectivity index (χ1v) is 7.30. The van der Waals surface area contributed by atoms with Crippen LogP contribution in [0, 0.1) is 0 Å². The molecule has 1 aliphatic heterocycles. The van der Waals surface area contributed by atoms with Crippen LogP contribution in [-0.2, 0) is 14.8 Å². The van der Waals surface area contributed by atoms with Gasteiger partial charge in [0.2, 0.25) is 10.0 Å². The summed E-state index contributed by atoms with van der Waals surface area (Å²) < 4.78 is 27.4. The first kappa shape index (κ1) is 13.9. The molecule has 0 amide bonds. The summed E-state index contributed by atoms with van der Waals surface area (Å²) >= 11 is 0. The number of hydrogen-bond donors (Lipinski definition) is 1. The molecule has 0 aromatic heterocycles. The fourth-order valence-corrected chi connectivity index (χ4v) is 2.78. The van der Waals surface area contributed by atoms with Crippen molar-refractivity contribution in [3.63, 3.8) is 0 Å². The van der Waals surface area contributed by atoms with Crippen LogP contribution in [-0.4, -0.2) is 50.4 Å². The molecule has 0 saturated carbocycles. The zero-order valence-electron chi connectivity index (χ0n) is 10.3. The molecule has 1 fully saturated rings. The van der Waals surface area contributed by atoms with Gasteiger partial charge in [0.25, 0.3) is 0 Å². The van der Waals surface area contributed by atoms with Crippen LogP contribution in [0.4, 0.5) is 0 Å². The van der Waals surface area contributed by atoms with E-state index >= 15 is 0 Å². The third-order valence-corrected chi connectivity index (χ3v) is 3.40. The number of morpholine rings is 1. The molecule has 6 heteroatoms. The van der Waals surface area contributed by atoms with E-state index in [-0.39, 0.29) is 17.5 Å². The van der Waals surface area contributed by atoms with Crippen molar-refractivity contribution < 1.29 is 13.2 Å². The Morgan fingerprint density at radius 3 is 2.62 bits per heavy atom. The van der Waals surface area contributed by atoms with Gasteiger partial charge in [0.1, 0.15) is 0 Å². The molecule has 1 saturated heterocycles. The predicted octanol–water partition coefficient (Wildman–Crippen LogP) is 0.164. The Kier molecular flexibility index (Phi) is 4.34. The number of primary sulfonamides is 1. The third kappa shape index (κ3) is 5.25. The third-order valence-electron chi connectivity index (χ3n) is 2.54. The average Bonchev–Trinajstić information content (AvgIpc) is 1.96. The van der Waals surface area contributed by atoms with Crippen molar-refractivity contribution in [1.29, 1.82) is 0 Å². The highest BCUT2D eigenvalue weighted by atomic mass is 32.2. The lowest BCUT2D eigenvalue weighted by Gasteiger charge is -2.41. The van der Waals surface area contributed by atoms with Gasteiger partial charge in [0, 0.05) is 13.1 Å². The van der Waals surface area contributed by atoms with Gasteiger partial charge in [-0.2, -0.15) is 0 Å². The minimum Gasteiger partial charge on any atom is -0.370 e. The Morgan fingerprint density at radius 1 is 1.50 bits per heavy atom. The second-order valence-corrected chi connectivity index (χ2v) is 6.88. The summed E-state index contributed by atoms with van der Waals surface area (Å²) in [6.45, 7) is 8.59. The van der Waals surface area contributed by atoms with Crippen LogP contribution >= 0.6 is 0 Å². The second-order valence-electron chi connectivity index (χ2n) is 5.14. The quantitative estimate of drug-likeness (QED) is 0.771. The molecule has 1 aliphatic rings. The zero-order valence-corrected chi connectivity index (χ0v) is 11.1. The lowest BCUT2D eigenvalue weighted by molar-refractivity contribution is -0.128. The summed E-state index contributed by atoms with van der Waals surface area (Å²) in [5.41, 5.74) is -0.154. The Balaban J connectivity index is 2.37. The molecule has 1 rings (SSSR count). The average molecular weight is 250 g/mol. The molecule has 0 bridgehead atoms. The summed E-state index contributed by atoms with van der Waals surface area (Å²) in [4.78, 5) is 2.24. The molecule has 2 N–H and O–H groups in total. The van der Waals surface area contributed by atoms with Crippen molar-refractivity contribution in [1.82, 2.24) is 4.90 Å². The number of rotatable bonds is 4. The van der Waals surface area contributed by atoms with E-state index in [0.29, 0.717) is 6.42 Å². The maximum atomic E-state index is 10.8. The summed E-state index contributed by atoms with van der Waals surface area (Å²) in [5.74, 6) is 0.0547. The predicted molar refractivity (Wildman–Crippen MR) is 63.7 cm³/mol. The second kappa shape index (κ2) is 5.00. The summed E-state index contributed by atoms with van der Waals surface area (Å²) in [6.07, 6.45) is 0.778. The van der Waals surface area contributed by atoms with Crippen LogP contribution in [0.15, 0.2) is 0 Å². The zero-order chi connectivity index (χ0) is 12.4. The largest absolute Gasteiger partial charge is 0.370 e. The van der Waals surface area contributed by atoms with Crippen molar-refractivity contribution in [2.45, 2.75) is 38.9 Å². The molecule has 1 heterocycles. The van der Waals surface area contributed by atoms with Gasteiger partial charge >= 0.3 is 0 Å². The molecule has 96 valence electrons. The van der Waals surface area contributed by atoms with Gasteiger partial charge < -0.3 is 4.74 Å². The first-order valence-electron chi connectivity index (χ1n) is 5.59. The number of nitrogens with zero attached hydrogens (tertiary/aromatic N) is 1. The smallest absolute Gasteiger partial charge is 0.209 e. The van der Waals surface area contributed by atoms with E-state index in [1.54, 1.807) is 0 Å². The van der Waals surface area contributed by atoms with E-state index in [9.17, 15) is 8.42 Å². The highest BCUT2D eigenvalue weighted by Crippen LogP contribution is 2.20. The van der Waals surface area contributed by atoms with Crippen molar-refractivity contribution in [3.05, 3.63) is 0 Å². The molecule has 0 radical (unpaired) electrons. The van der Waals surface area contributed by atoms with Crippen LogP contribution in [0.5, 0.6) is 0 Å². The highest BCUT2D eigenvalue weighted by molar-refractivity contribution is 7.89. The Bertz CT molecular complexity index is 327. The van der Waals surface area contributed by atoms with Gasteiger partial charge in [0.05, 0.1) is 17.5 Å². The Morgan fingerprint density at radius 2 is 2.12 bits per heavy atom. The fourth-order valence-electron chi connectivity index (χ4n) is 2.25. The standard InChI is InChI=1S/C10H22N2O3S/c1-9-7-12(8-10(2,3)15-9)5-4-6-16(11,13)14/h9H,4-8H2,1-3H3,(H2,11,13,14). The van der Waals surface area contributed by atoms with Crippen molar-refractivity contribution in [3.8, 4) is 0 Å². The van der Waals surface area contributed by atoms with Crippen LogP contribution in [0.2, 0.25) is 0 Å². The minimum absolute atomic E-state index is 0.0547. The van der Waals surface area contributed by atoms with Crippen molar-refractivity contribution >= 4 is 10.0 Å². The molecule has 5 nitrogen and oxygen atoms in total.